The summed E-state index contributed by atoms with van der Waals surface area (Å²) in [7, 11) is 5.21. The highest BCUT2D eigenvalue weighted by Crippen LogP contribution is 2.36. The van der Waals surface area contributed by atoms with E-state index in [0.717, 1.165) is 32.9 Å². The molecule has 1 aromatic carbocycles. The van der Waals surface area contributed by atoms with Gasteiger partial charge in [0.2, 0.25) is 0 Å². The number of furan rings is 1. The van der Waals surface area contributed by atoms with Crippen LogP contribution in [0.3, 0.4) is 0 Å². The Bertz CT molecular complexity index is 1070. The number of aromatic nitrogens is 4. The van der Waals surface area contributed by atoms with Gasteiger partial charge in [-0.3, -0.25) is 0 Å². The minimum atomic E-state index is 0.694. The van der Waals surface area contributed by atoms with Crippen LogP contribution in [-0.2, 0) is 12.8 Å². The predicted octanol–water partition coefficient (Wildman–Crippen LogP) is 4.51. The van der Waals surface area contributed by atoms with E-state index in [1.165, 1.54) is 0 Å². The first-order valence-electron chi connectivity index (χ1n) is 8.42. The molecule has 0 atom stereocenters. The Morgan fingerprint density at radius 1 is 1.18 bits per heavy atom. The van der Waals surface area contributed by atoms with E-state index in [1.54, 1.807) is 43.6 Å². The molecule has 0 fully saturated rings. The van der Waals surface area contributed by atoms with Crippen molar-refractivity contribution in [3.05, 3.63) is 47.7 Å². The number of rotatable bonds is 7. The minimum absolute atomic E-state index is 0.694. The van der Waals surface area contributed by atoms with Crippen LogP contribution in [0.5, 0.6) is 11.5 Å². The van der Waals surface area contributed by atoms with E-state index < -0.39 is 0 Å². The van der Waals surface area contributed by atoms with Gasteiger partial charge in [0, 0.05) is 24.2 Å². The quantitative estimate of drug-likeness (QED) is 0.412. The molecule has 0 N–H and O–H groups in total. The van der Waals surface area contributed by atoms with Gasteiger partial charge in [-0.15, -0.1) is 21.5 Å². The maximum atomic E-state index is 5.49. The van der Waals surface area contributed by atoms with Gasteiger partial charge in [-0.05, 0) is 24.3 Å². The lowest BCUT2D eigenvalue weighted by molar-refractivity contribution is 0.395. The molecule has 0 amide bonds. The molecule has 0 saturated heterocycles. The minimum Gasteiger partial charge on any atom is -0.497 e. The third-order valence-electron chi connectivity index (χ3n) is 4.12. The molecule has 3 heterocycles. The molecule has 4 aromatic rings. The van der Waals surface area contributed by atoms with Crippen molar-refractivity contribution in [1.29, 1.82) is 0 Å². The Morgan fingerprint density at radius 2 is 2.07 bits per heavy atom. The average Bonchev–Trinajstić information content (AvgIpc) is 3.47. The molecule has 0 spiro atoms. The lowest BCUT2D eigenvalue weighted by atomic mass is 10.2. The zero-order valence-corrected chi connectivity index (χ0v) is 17.2. The molecular weight excluding hydrogens is 396 g/mol. The summed E-state index contributed by atoms with van der Waals surface area (Å²) in [6.07, 6.45) is 1.63. The van der Waals surface area contributed by atoms with Crippen LogP contribution in [0.4, 0.5) is 0 Å². The van der Waals surface area contributed by atoms with Crippen molar-refractivity contribution in [2.75, 3.05) is 14.2 Å². The van der Waals surface area contributed by atoms with E-state index in [0.29, 0.717) is 17.3 Å². The van der Waals surface area contributed by atoms with E-state index in [9.17, 15) is 0 Å². The van der Waals surface area contributed by atoms with Gasteiger partial charge in [0.05, 0.1) is 31.7 Å². The maximum Gasteiger partial charge on any atom is 0.200 e. The summed E-state index contributed by atoms with van der Waals surface area (Å²) in [6, 6.07) is 9.44. The second-order valence-electron chi connectivity index (χ2n) is 5.84. The fourth-order valence-corrected chi connectivity index (χ4v) is 4.43. The van der Waals surface area contributed by atoms with Crippen molar-refractivity contribution >= 4 is 23.1 Å². The van der Waals surface area contributed by atoms with E-state index >= 15 is 0 Å². The van der Waals surface area contributed by atoms with Crippen LogP contribution < -0.4 is 9.47 Å². The van der Waals surface area contributed by atoms with Crippen LogP contribution in [0.1, 0.15) is 5.69 Å². The summed E-state index contributed by atoms with van der Waals surface area (Å²) >= 11 is 3.17. The summed E-state index contributed by atoms with van der Waals surface area (Å²) in [5, 5.41) is 12.2. The van der Waals surface area contributed by atoms with Gasteiger partial charge in [0.25, 0.3) is 0 Å². The third-order valence-corrected chi connectivity index (χ3v) is 6.09. The van der Waals surface area contributed by atoms with Gasteiger partial charge in [0.1, 0.15) is 16.5 Å². The number of benzene rings is 1. The van der Waals surface area contributed by atoms with Gasteiger partial charge < -0.3 is 18.5 Å². The summed E-state index contributed by atoms with van der Waals surface area (Å²) in [5.74, 6) is 3.59. The second kappa shape index (κ2) is 8.07. The molecule has 0 radical (unpaired) electrons. The van der Waals surface area contributed by atoms with Crippen molar-refractivity contribution in [3.63, 3.8) is 0 Å². The van der Waals surface area contributed by atoms with Crippen LogP contribution in [-0.4, -0.2) is 34.0 Å². The first kappa shape index (κ1) is 18.6. The van der Waals surface area contributed by atoms with Gasteiger partial charge in [-0.1, -0.05) is 11.8 Å². The zero-order chi connectivity index (χ0) is 19.5. The van der Waals surface area contributed by atoms with Crippen LogP contribution in [0.2, 0.25) is 0 Å². The van der Waals surface area contributed by atoms with Gasteiger partial charge >= 0.3 is 0 Å². The Balaban J connectivity index is 1.49. The Labute approximate surface area is 170 Å². The van der Waals surface area contributed by atoms with E-state index in [-0.39, 0.29) is 0 Å². The molecule has 4 rings (SSSR count). The molecule has 3 aromatic heterocycles. The van der Waals surface area contributed by atoms with Crippen molar-refractivity contribution in [2.24, 2.45) is 7.05 Å². The zero-order valence-electron chi connectivity index (χ0n) is 15.6. The number of nitrogens with zero attached hydrogens (tertiary/aromatic N) is 4. The predicted molar refractivity (Wildman–Crippen MR) is 109 cm³/mol. The SMILES string of the molecule is COc1ccc(-c2nc(CSc3nnc(-c4ccco4)n3C)cs2)c(OC)c1. The summed E-state index contributed by atoms with van der Waals surface area (Å²) in [4.78, 5) is 4.75. The monoisotopic (exact) mass is 414 g/mol. The summed E-state index contributed by atoms with van der Waals surface area (Å²) in [5.41, 5.74) is 1.92. The van der Waals surface area contributed by atoms with Crippen LogP contribution in [0.15, 0.2) is 51.5 Å². The molecule has 28 heavy (non-hydrogen) atoms. The molecule has 9 heteroatoms. The number of thioether (sulfide) groups is 1. The number of hydrogen-bond acceptors (Lipinski definition) is 8. The Morgan fingerprint density at radius 3 is 2.82 bits per heavy atom. The highest BCUT2D eigenvalue weighted by atomic mass is 32.2. The average molecular weight is 415 g/mol. The molecule has 0 aliphatic carbocycles. The summed E-state index contributed by atoms with van der Waals surface area (Å²) in [6.45, 7) is 0. The van der Waals surface area contributed by atoms with Gasteiger partial charge in [0.15, 0.2) is 16.7 Å². The first-order valence-corrected chi connectivity index (χ1v) is 10.3. The molecule has 144 valence electrons. The molecule has 0 bridgehead atoms. The van der Waals surface area contributed by atoms with Crippen molar-refractivity contribution in [2.45, 2.75) is 10.9 Å². The molecule has 0 aliphatic rings. The fraction of sp³-hybridized carbons (Fsp3) is 0.211. The molecular formula is C19H18N4O3S2. The Hall–Kier alpha value is -2.78. The molecule has 0 aliphatic heterocycles. The number of ether oxygens (including phenoxy) is 2. The van der Waals surface area contributed by atoms with Crippen molar-refractivity contribution < 1.29 is 13.9 Å². The first-order chi connectivity index (χ1) is 13.7. The topological polar surface area (TPSA) is 75.2 Å². The molecule has 7 nitrogen and oxygen atoms in total. The summed E-state index contributed by atoms with van der Waals surface area (Å²) < 4.78 is 18.1. The molecule has 0 unspecified atom stereocenters. The number of thiazole rings is 1. The largest absolute Gasteiger partial charge is 0.497 e. The fourth-order valence-electron chi connectivity index (χ4n) is 2.67. The van der Waals surface area contributed by atoms with Crippen LogP contribution in [0, 0.1) is 0 Å². The number of methoxy groups -OCH3 is 2. The van der Waals surface area contributed by atoms with Crippen molar-refractivity contribution in [3.8, 4) is 33.7 Å². The lowest BCUT2D eigenvalue weighted by Gasteiger charge is -2.08. The van der Waals surface area contributed by atoms with Crippen LogP contribution >= 0.6 is 23.1 Å². The van der Waals surface area contributed by atoms with E-state index in [2.05, 4.69) is 15.6 Å². The second-order valence-corrected chi connectivity index (χ2v) is 7.64. The normalized spacial score (nSPS) is 11.0. The van der Waals surface area contributed by atoms with Crippen molar-refractivity contribution in [1.82, 2.24) is 19.7 Å². The van der Waals surface area contributed by atoms with E-state index in [1.807, 2.05) is 41.9 Å². The highest BCUT2D eigenvalue weighted by molar-refractivity contribution is 7.98. The standard InChI is InChI=1S/C19H18N4O3S2/c1-23-17(15-5-4-8-26-15)21-22-19(23)28-11-12-10-27-18(20-12)14-7-6-13(24-2)9-16(14)25-3/h4-10H,11H2,1-3H3. The maximum absolute atomic E-state index is 5.49. The highest BCUT2D eigenvalue weighted by Gasteiger charge is 2.15. The third kappa shape index (κ3) is 3.63. The van der Waals surface area contributed by atoms with Gasteiger partial charge in [-0.2, -0.15) is 0 Å². The molecule has 0 saturated carbocycles. The smallest absolute Gasteiger partial charge is 0.200 e. The lowest BCUT2D eigenvalue weighted by Crippen LogP contribution is -1.94. The Kier molecular flexibility index (Phi) is 5.36. The van der Waals surface area contributed by atoms with E-state index in [4.69, 9.17) is 18.9 Å². The number of hydrogen-bond donors (Lipinski definition) is 0. The van der Waals surface area contributed by atoms with Crippen LogP contribution in [0.25, 0.3) is 22.2 Å². The van der Waals surface area contributed by atoms with Gasteiger partial charge in [-0.25, -0.2) is 4.98 Å².